The van der Waals surface area contributed by atoms with Crippen LogP contribution in [-0.2, 0) is 7.05 Å². The third-order valence-corrected chi connectivity index (χ3v) is 2.91. The highest BCUT2D eigenvalue weighted by molar-refractivity contribution is 5.65. The standard InChI is InChI=1S/C11H20N4/c1-7(2)10-9(12)11(15(3)14-10)13-6-8-4-5-8/h7-8,13H,4-6,12H2,1-3H3. The summed E-state index contributed by atoms with van der Waals surface area (Å²) in [5, 5.41) is 7.83. The van der Waals surface area contributed by atoms with Crippen LogP contribution in [0.15, 0.2) is 0 Å². The average Bonchev–Trinajstić information content (AvgIpc) is 2.93. The first-order valence-electron chi connectivity index (χ1n) is 5.65. The third-order valence-electron chi connectivity index (χ3n) is 2.91. The molecule has 2 rings (SSSR count). The molecule has 0 bridgehead atoms. The molecule has 0 amide bonds. The maximum absolute atomic E-state index is 6.07. The summed E-state index contributed by atoms with van der Waals surface area (Å²) in [5.41, 5.74) is 7.88. The summed E-state index contributed by atoms with van der Waals surface area (Å²) in [6.07, 6.45) is 2.70. The molecule has 0 spiro atoms. The largest absolute Gasteiger partial charge is 0.394 e. The molecule has 1 heterocycles. The Morgan fingerprint density at radius 3 is 2.67 bits per heavy atom. The maximum Gasteiger partial charge on any atom is 0.147 e. The molecule has 1 aromatic heterocycles. The van der Waals surface area contributed by atoms with Crippen LogP contribution in [0.4, 0.5) is 11.5 Å². The monoisotopic (exact) mass is 208 g/mol. The molecule has 3 N–H and O–H groups in total. The first-order chi connectivity index (χ1) is 7.09. The maximum atomic E-state index is 6.07. The van der Waals surface area contributed by atoms with E-state index in [0.29, 0.717) is 5.92 Å². The van der Waals surface area contributed by atoms with Gasteiger partial charge in [-0.15, -0.1) is 0 Å². The van der Waals surface area contributed by atoms with Crippen LogP contribution in [0.3, 0.4) is 0 Å². The lowest BCUT2D eigenvalue weighted by Crippen LogP contribution is -2.09. The highest BCUT2D eigenvalue weighted by Crippen LogP contribution is 2.31. The molecule has 1 aromatic rings. The van der Waals surface area contributed by atoms with Crippen LogP contribution in [0.5, 0.6) is 0 Å². The van der Waals surface area contributed by atoms with Gasteiger partial charge in [0.25, 0.3) is 0 Å². The number of aryl methyl sites for hydroxylation is 1. The Labute approximate surface area is 90.8 Å². The zero-order chi connectivity index (χ0) is 11.0. The molecule has 1 aliphatic rings. The zero-order valence-corrected chi connectivity index (χ0v) is 9.75. The van der Waals surface area contributed by atoms with Crippen molar-refractivity contribution in [3.8, 4) is 0 Å². The van der Waals surface area contributed by atoms with Gasteiger partial charge in [-0.1, -0.05) is 13.8 Å². The van der Waals surface area contributed by atoms with E-state index in [4.69, 9.17) is 5.73 Å². The van der Waals surface area contributed by atoms with Crippen LogP contribution in [0.25, 0.3) is 0 Å². The number of nitrogen functional groups attached to an aromatic ring is 1. The summed E-state index contributed by atoms with van der Waals surface area (Å²) in [6, 6.07) is 0. The van der Waals surface area contributed by atoms with Gasteiger partial charge in [0.1, 0.15) is 5.82 Å². The molecule has 4 nitrogen and oxygen atoms in total. The summed E-state index contributed by atoms with van der Waals surface area (Å²) in [5.74, 6) is 2.21. The molecular weight excluding hydrogens is 188 g/mol. The molecule has 0 atom stereocenters. The second-order valence-corrected chi connectivity index (χ2v) is 4.75. The molecule has 84 valence electrons. The van der Waals surface area contributed by atoms with Crippen LogP contribution < -0.4 is 11.1 Å². The number of nitrogens with zero attached hydrogens (tertiary/aromatic N) is 2. The molecule has 4 heteroatoms. The van der Waals surface area contributed by atoms with E-state index in [-0.39, 0.29) is 0 Å². The highest BCUT2D eigenvalue weighted by atomic mass is 15.3. The molecule has 0 aromatic carbocycles. The molecule has 0 aliphatic heterocycles. The molecule has 0 saturated heterocycles. The lowest BCUT2D eigenvalue weighted by Gasteiger charge is -2.06. The first kappa shape index (κ1) is 10.3. The number of rotatable bonds is 4. The van der Waals surface area contributed by atoms with Gasteiger partial charge < -0.3 is 11.1 Å². The second kappa shape index (κ2) is 3.76. The normalized spacial score (nSPS) is 16.0. The van der Waals surface area contributed by atoms with Crippen molar-refractivity contribution in [2.75, 3.05) is 17.6 Å². The summed E-state index contributed by atoms with van der Waals surface area (Å²) in [6.45, 7) is 5.26. The van der Waals surface area contributed by atoms with Crippen molar-refractivity contribution in [2.24, 2.45) is 13.0 Å². The number of nitrogens with one attached hydrogen (secondary N) is 1. The van der Waals surface area contributed by atoms with E-state index in [2.05, 4.69) is 24.3 Å². The van der Waals surface area contributed by atoms with E-state index < -0.39 is 0 Å². The number of anilines is 2. The quantitative estimate of drug-likeness (QED) is 0.795. The van der Waals surface area contributed by atoms with E-state index in [9.17, 15) is 0 Å². The van der Waals surface area contributed by atoms with Gasteiger partial charge >= 0.3 is 0 Å². The lowest BCUT2D eigenvalue weighted by molar-refractivity contribution is 0.712. The minimum atomic E-state index is 0.382. The fourth-order valence-corrected chi connectivity index (χ4v) is 1.76. The van der Waals surface area contributed by atoms with Crippen molar-refractivity contribution >= 4 is 11.5 Å². The molecule has 1 fully saturated rings. The van der Waals surface area contributed by atoms with Crippen molar-refractivity contribution in [3.63, 3.8) is 0 Å². The van der Waals surface area contributed by atoms with Crippen molar-refractivity contribution in [2.45, 2.75) is 32.6 Å². The minimum Gasteiger partial charge on any atom is -0.394 e. The van der Waals surface area contributed by atoms with Crippen LogP contribution >= 0.6 is 0 Å². The Balaban J connectivity index is 2.13. The summed E-state index contributed by atoms with van der Waals surface area (Å²) in [7, 11) is 1.94. The van der Waals surface area contributed by atoms with Gasteiger partial charge in [0.2, 0.25) is 0 Å². The lowest BCUT2D eigenvalue weighted by atomic mass is 10.1. The van der Waals surface area contributed by atoms with Gasteiger partial charge in [-0.05, 0) is 24.7 Å². The summed E-state index contributed by atoms with van der Waals surface area (Å²) < 4.78 is 1.85. The second-order valence-electron chi connectivity index (χ2n) is 4.75. The van der Waals surface area contributed by atoms with Crippen LogP contribution in [0.2, 0.25) is 0 Å². The van der Waals surface area contributed by atoms with E-state index in [1.165, 1.54) is 12.8 Å². The van der Waals surface area contributed by atoms with E-state index in [1.807, 2.05) is 11.7 Å². The van der Waals surface area contributed by atoms with E-state index in [0.717, 1.165) is 29.7 Å². The highest BCUT2D eigenvalue weighted by Gasteiger charge is 2.22. The Hall–Kier alpha value is -1.19. The number of aromatic nitrogens is 2. The van der Waals surface area contributed by atoms with Gasteiger partial charge in [-0.25, -0.2) is 0 Å². The van der Waals surface area contributed by atoms with E-state index in [1.54, 1.807) is 0 Å². The van der Waals surface area contributed by atoms with Gasteiger partial charge in [-0.2, -0.15) is 5.10 Å². The van der Waals surface area contributed by atoms with Crippen LogP contribution in [-0.4, -0.2) is 16.3 Å². The van der Waals surface area contributed by atoms with Gasteiger partial charge in [0, 0.05) is 13.6 Å². The molecule has 0 unspecified atom stereocenters. The van der Waals surface area contributed by atoms with Gasteiger partial charge in [0.05, 0.1) is 11.4 Å². The zero-order valence-electron chi connectivity index (χ0n) is 9.75. The van der Waals surface area contributed by atoms with Crippen molar-refractivity contribution in [3.05, 3.63) is 5.69 Å². The number of nitrogens with two attached hydrogens (primary N) is 1. The number of hydrogen-bond donors (Lipinski definition) is 2. The Bertz CT molecular complexity index is 350. The molecular formula is C11H20N4. The van der Waals surface area contributed by atoms with Crippen molar-refractivity contribution in [1.29, 1.82) is 0 Å². The SMILES string of the molecule is CC(C)c1nn(C)c(NCC2CC2)c1N. The van der Waals surface area contributed by atoms with Crippen molar-refractivity contribution in [1.82, 2.24) is 9.78 Å². The third kappa shape index (κ3) is 2.08. The first-order valence-corrected chi connectivity index (χ1v) is 5.65. The summed E-state index contributed by atoms with van der Waals surface area (Å²) >= 11 is 0. The molecule has 1 saturated carbocycles. The average molecular weight is 208 g/mol. The predicted molar refractivity (Wildman–Crippen MR) is 62.9 cm³/mol. The topological polar surface area (TPSA) is 55.9 Å². The Kier molecular flexibility index (Phi) is 2.59. The molecule has 15 heavy (non-hydrogen) atoms. The van der Waals surface area contributed by atoms with Crippen LogP contribution in [0, 0.1) is 5.92 Å². The summed E-state index contributed by atoms with van der Waals surface area (Å²) in [4.78, 5) is 0. The van der Waals surface area contributed by atoms with E-state index >= 15 is 0 Å². The van der Waals surface area contributed by atoms with Crippen LogP contribution in [0.1, 0.15) is 38.3 Å². The predicted octanol–water partition coefficient (Wildman–Crippen LogP) is 1.95. The minimum absolute atomic E-state index is 0.382. The van der Waals surface area contributed by atoms with Gasteiger partial charge in [0.15, 0.2) is 0 Å². The number of hydrogen-bond acceptors (Lipinski definition) is 3. The Morgan fingerprint density at radius 1 is 1.53 bits per heavy atom. The molecule has 0 radical (unpaired) electrons. The Morgan fingerprint density at radius 2 is 2.20 bits per heavy atom. The van der Waals surface area contributed by atoms with Gasteiger partial charge in [-0.3, -0.25) is 4.68 Å². The fourth-order valence-electron chi connectivity index (χ4n) is 1.76. The smallest absolute Gasteiger partial charge is 0.147 e. The van der Waals surface area contributed by atoms with Crippen molar-refractivity contribution < 1.29 is 0 Å². The molecule has 1 aliphatic carbocycles. The fraction of sp³-hybridized carbons (Fsp3) is 0.727.